The van der Waals surface area contributed by atoms with Crippen LogP contribution in [0.2, 0.25) is 0 Å². The van der Waals surface area contributed by atoms with E-state index in [1.165, 1.54) is 43.4 Å². The van der Waals surface area contributed by atoms with Crippen molar-refractivity contribution in [2.45, 2.75) is 44.6 Å². The summed E-state index contributed by atoms with van der Waals surface area (Å²) < 4.78 is 13.8. The van der Waals surface area contributed by atoms with Gasteiger partial charge >= 0.3 is 0 Å². The third-order valence-electron chi connectivity index (χ3n) is 5.30. The van der Waals surface area contributed by atoms with Gasteiger partial charge in [0, 0.05) is 5.92 Å². The Morgan fingerprint density at radius 2 is 1.69 bits per heavy atom. The van der Waals surface area contributed by atoms with Crippen molar-refractivity contribution in [2.24, 2.45) is 0 Å². The molecule has 0 unspecified atom stereocenters. The molecule has 0 N–H and O–H groups in total. The van der Waals surface area contributed by atoms with Gasteiger partial charge in [-0.05, 0) is 37.1 Å². The van der Waals surface area contributed by atoms with Crippen molar-refractivity contribution in [3.63, 3.8) is 0 Å². The fourth-order valence-corrected chi connectivity index (χ4v) is 3.99. The third-order valence-corrected chi connectivity index (χ3v) is 5.30. The second kappa shape index (κ2) is 7.81. The van der Waals surface area contributed by atoms with Crippen LogP contribution in [-0.4, -0.2) is 23.3 Å². The highest BCUT2D eigenvalue weighted by atomic mass is 16.5. The highest BCUT2D eigenvalue weighted by molar-refractivity contribution is 5.76. The fourth-order valence-electron chi connectivity index (χ4n) is 3.99. The average molecular weight is 350 g/mol. The molecule has 1 aliphatic rings. The number of fused-ring (bicyclic) bond motifs is 1. The summed E-state index contributed by atoms with van der Waals surface area (Å²) in [4.78, 5) is 4.98. The van der Waals surface area contributed by atoms with Crippen molar-refractivity contribution < 1.29 is 9.47 Å². The van der Waals surface area contributed by atoms with Crippen LogP contribution in [0.4, 0.5) is 0 Å². The molecule has 3 aromatic rings. The summed E-state index contributed by atoms with van der Waals surface area (Å²) >= 11 is 0. The fraction of sp³-hybridized carbons (Fsp3) is 0.409. The van der Waals surface area contributed by atoms with Gasteiger partial charge in [0.2, 0.25) is 0 Å². The first-order valence-corrected chi connectivity index (χ1v) is 9.58. The van der Waals surface area contributed by atoms with Crippen molar-refractivity contribution in [3.05, 3.63) is 54.4 Å². The number of aromatic nitrogens is 2. The van der Waals surface area contributed by atoms with E-state index >= 15 is 0 Å². The summed E-state index contributed by atoms with van der Waals surface area (Å²) in [5.41, 5.74) is 2.29. The number of nitrogens with zero attached hydrogens (tertiary/aromatic N) is 2. The minimum Gasteiger partial charge on any atom is -0.493 e. The predicted octanol–water partition coefficient (Wildman–Crippen LogP) is 5.17. The van der Waals surface area contributed by atoms with Gasteiger partial charge < -0.3 is 14.0 Å². The predicted molar refractivity (Wildman–Crippen MR) is 104 cm³/mol. The van der Waals surface area contributed by atoms with Crippen LogP contribution in [0.5, 0.6) is 11.5 Å². The number of para-hydroxylation sites is 4. The Hall–Kier alpha value is -2.49. The number of ether oxygens (including phenoxy) is 2. The molecule has 1 saturated carbocycles. The van der Waals surface area contributed by atoms with Crippen LogP contribution >= 0.6 is 0 Å². The second-order valence-electron chi connectivity index (χ2n) is 6.94. The van der Waals surface area contributed by atoms with Gasteiger partial charge in [-0.1, -0.05) is 43.5 Å². The Bertz CT molecular complexity index is 865. The molecule has 1 aliphatic carbocycles. The molecule has 1 heterocycles. The van der Waals surface area contributed by atoms with Gasteiger partial charge in [-0.15, -0.1) is 0 Å². The van der Waals surface area contributed by atoms with E-state index in [-0.39, 0.29) is 0 Å². The number of methoxy groups -OCH3 is 1. The molecule has 26 heavy (non-hydrogen) atoms. The first kappa shape index (κ1) is 17.0. The molecule has 0 bridgehead atoms. The molecule has 4 rings (SSSR count). The molecular formula is C22H26N2O2. The van der Waals surface area contributed by atoms with Gasteiger partial charge in [-0.2, -0.15) is 0 Å². The van der Waals surface area contributed by atoms with Crippen LogP contribution in [0.3, 0.4) is 0 Å². The maximum absolute atomic E-state index is 6.02. The van der Waals surface area contributed by atoms with E-state index < -0.39 is 0 Å². The zero-order valence-electron chi connectivity index (χ0n) is 15.4. The second-order valence-corrected chi connectivity index (χ2v) is 6.94. The summed E-state index contributed by atoms with van der Waals surface area (Å²) in [6, 6.07) is 16.2. The van der Waals surface area contributed by atoms with E-state index in [0.717, 1.165) is 23.6 Å². The van der Waals surface area contributed by atoms with E-state index in [1.54, 1.807) is 7.11 Å². The summed E-state index contributed by atoms with van der Waals surface area (Å²) in [6.45, 7) is 1.39. The zero-order valence-corrected chi connectivity index (χ0v) is 15.4. The molecule has 0 amide bonds. The first-order valence-electron chi connectivity index (χ1n) is 9.58. The van der Waals surface area contributed by atoms with Gasteiger partial charge in [-0.25, -0.2) is 4.98 Å². The number of hydrogen-bond donors (Lipinski definition) is 0. The van der Waals surface area contributed by atoms with Gasteiger partial charge in [0.1, 0.15) is 12.4 Å². The molecule has 2 aromatic carbocycles. The van der Waals surface area contributed by atoms with Crippen molar-refractivity contribution in [2.75, 3.05) is 13.7 Å². The molecule has 136 valence electrons. The monoisotopic (exact) mass is 350 g/mol. The Morgan fingerprint density at radius 3 is 2.50 bits per heavy atom. The van der Waals surface area contributed by atoms with Crippen LogP contribution in [-0.2, 0) is 6.54 Å². The number of benzene rings is 2. The maximum Gasteiger partial charge on any atom is 0.161 e. The smallest absolute Gasteiger partial charge is 0.161 e. The van der Waals surface area contributed by atoms with Gasteiger partial charge in [0.25, 0.3) is 0 Å². The molecule has 0 spiro atoms. The standard InChI is InChI=1S/C22H26N2O2/c1-25-20-13-7-8-14-21(20)26-16-15-24-19-12-6-5-11-18(19)23-22(24)17-9-3-2-4-10-17/h5-8,11-14,17H,2-4,9-10,15-16H2,1H3. The Balaban J connectivity index is 1.56. The van der Waals surface area contributed by atoms with E-state index in [9.17, 15) is 0 Å². The molecule has 1 fully saturated rings. The molecule has 0 saturated heterocycles. The number of imidazole rings is 1. The largest absolute Gasteiger partial charge is 0.493 e. The van der Waals surface area contributed by atoms with Crippen LogP contribution in [0.25, 0.3) is 11.0 Å². The van der Waals surface area contributed by atoms with E-state index in [0.29, 0.717) is 12.5 Å². The Morgan fingerprint density at radius 1 is 0.962 bits per heavy atom. The normalized spacial score (nSPS) is 15.3. The first-order chi connectivity index (χ1) is 12.9. The molecule has 0 radical (unpaired) electrons. The van der Waals surface area contributed by atoms with Gasteiger partial charge in [-0.3, -0.25) is 0 Å². The van der Waals surface area contributed by atoms with Crippen LogP contribution in [0.1, 0.15) is 43.8 Å². The van der Waals surface area contributed by atoms with Crippen LogP contribution < -0.4 is 9.47 Å². The summed E-state index contributed by atoms with van der Waals surface area (Å²) in [5.74, 6) is 3.37. The van der Waals surface area contributed by atoms with Crippen molar-refractivity contribution in [3.8, 4) is 11.5 Å². The van der Waals surface area contributed by atoms with Crippen LogP contribution in [0, 0.1) is 0 Å². The topological polar surface area (TPSA) is 36.3 Å². The van der Waals surface area contributed by atoms with Crippen molar-refractivity contribution in [1.82, 2.24) is 9.55 Å². The van der Waals surface area contributed by atoms with Gasteiger partial charge in [0.05, 0.1) is 24.7 Å². The van der Waals surface area contributed by atoms with Crippen LogP contribution in [0.15, 0.2) is 48.5 Å². The number of hydrogen-bond acceptors (Lipinski definition) is 3. The lowest BCUT2D eigenvalue weighted by molar-refractivity contribution is 0.277. The van der Waals surface area contributed by atoms with Crippen molar-refractivity contribution >= 4 is 11.0 Å². The molecule has 4 nitrogen and oxygen atoms in total. The minimum absolute atomic E-state index is 0.572. The molecule has 0 aliphatic heterocycles. The lowest BCUT2D eigenvalue weighted by Crippen LogP contribution is -2.16. The maximum atomic E-state index is 6.02. The summed E-state index contributed by atoms with van der Waals surface area (Å²) in [5, 5.41) is 0. The quantitative estimate of drug-likeness (QED) is 0.615. The SMILES string of the molecule is COc1ccccc1OCCn1c(C2CCCCC2)nc2ccccc21. The summed E-state index contributed by atoms with van der Waals surface area (Å²) in [6.07, 6.45) is 6.47. The molecule has 0 atom stereocenters. The molecule has 1 aromatic heterocycles. The molecular weight excluding hydrogens is 324 g/mol. The minimum atomic E-state index is 0.572. The highest BCUT2D eigenvalue weighted by Crippen LogP contribution is 2.34. The van der Waals surface area contributed by atoms with E-state index in [1.807, 2.05) is 24.3 Å². The molecule has 4 heteroatoms. The highest BCUT2D eigenvalue weighted by Gasteiger charge is 2.22. The average Bonchev–Trinajstić information content (AvgIpc) is 3.08. The lowest BCUT2D eigenvalue weighted by atomic mass is 9.88. The third kappa shape index (κ3) is 3.41. The van der Waals surface area contributed by atoms with E-state index in [4.69, 9.17) is 14.5 Å². The van der Waals surface area contributed by atoms with Gasteiger partial charge in [0.15, 0.2) is 11.5 Å². The van der Waals surface area contributed by atoms with Crippen molar-refractivity contribution in [1.29, 1.82) is 0 Å². The Labute approximate surface area is 154 Å². The van der Waals surface area contributed by atoms with E-state index in [2.05, 4.69) is 28.8 Å². The zero-order chi connectivity index (χ0) is 17.8. The lowest BCUT2D eigenvalue weighted by Gasteiger charge is -2.22. The summed E-state index contributed by atoms with van der Waals surface area (Å²) in [7, 11) is 1.67. The number of rotatable bonds is 6. The Kier molecular flexibility index (Phi) is 5.09.